The Morgan fingerprint density at radius 2 is 1.92 bits per heavy atom. The maximum atomic E-state index is 5.69. The molecule has 1 heteroatoms. The van der Waals surface area contributed by atoms with Crippen molar-refractivity contribution in [3.63, 3.8) is 0 Å². The van der Waals surface area contributed by atoms with Gasteiger partial charge in [-0.15, -0.1) is 0 Å². The maximum absolute atomic E-state index is 5.69. The molecule has 0 heterocycles. The largest absolute Gasteiger partial charge is 0.330 e. The van der Waals surface area contributed by atoms with E-state index in [0.717, 1.165) is 6.54 Å². The quantitative estimate of drug-likeness (QED) is 0.725. The first kappa shape index (κ1) is 9.27. The van der Waals surface area contributed by atoms with Crippen LogP contribution in [0.1, 0.15) is 31.2 Å². The van der Waals surface area contributed by atoms with Gasteiger partial charge in [-0.2, -0.15) is 0 Å². The lowest BCUT2D eigenvalue weighted by Gasteiger charge is -2.13. The minimum Gasteiger partial charge on any atom is -0.330 e. The summed E-state index contributed by atoms with van der Waals surface area (Å²) in [6, 6.07) is 10.5. The van der Waals surface area contributed by atoms with E-state index in [1.54, 1.807) is 0 Å². The Bertz CT molecular complexity index is 206. The number of benzene rings is 1. The van der Waals surface area contributed by atoms with Gasteiger partial charge in [-0.05, 0) is 24.4 Å². The minimum absolute atomic E-state index is 0.552. The Morgan fingerprint density at radius 1 is 1.25 bits per heavy atom. The average molecular weight is 163 g/mol. The second-order valence-electron chi connectivity index (χ2n) is 3.13. The van der Waals surface area contributed by atoms with Crippen LogP contribution in [-0.2, 0) is 0 Å². The third-order valence-corrected chi connectivity index (χ3v) is 2.19. The van der Waals surface area contributed by atoms with Crippen LogP contribution < -0.4 is 5.73 Å². The molecule has 1 nitrogen and oxygen atoms in total. The Morgan fingerprint density at radius 3 is 2.42 bits per heavy atom. The van der Waals surface area contributed by atoms with Crippen molar-refractivity contribution < 1.29 is 0 Å². The van der Waals surface area contributed by atoms with Gasteiger partial charge < -0.3 is 5.73 Å². The van der Waals surface area contributed by atoms with Crippen LogP contribution in [0.3, 0.4) is 0 Å². The highest BCUT2D eigenvalue weighted by Gasteiger charge is 2.06. The normalized spacial score (nSPS) is 12.8. The van der Waals surface area contributed by atoms with Gasteiger partial charge in [-0.1, -0.05) is 43.7 Å². The lowest BCUT2D eigenvalue weighted by molar-refractivity contribution is 0.622. The standard InChI is InChI=1S/C11H17N/c1-2-6-11(9-12)10-7-4-3-5-8-10/h3-5,7-8,11H,2,6,9,12H2,1H3/t11-/m1/s1. The summed E-state index contributed by atoms with van der Waals surface area (Å²) in [7, 11) is 0. The summed E-state index contributed by atoms with van der Waals surface area (Å²) in [5.74, 6) is 0.552. The van der Waals surface area contributed by atoms with Crippen LogP contribution in [0.15, 0.2) is 30.3 Å². The van der Waals surface area contributed by atoms with Crippen molar-refractivity contribution in [2.75, 3.05) is 6.54 Å². The number of rotatable bonds is 4. The van der Waals surface area contributed by atoms with Crippen LogP contribution in [0.25, 0.3) is 0 Å². The molecule has 66 valence electrons. The fraction of sp³-hybridized carbons (Fsp3) is 0.455. The molecule has 1 aromatic rings. The van der Waals surface area contributed by atoms with Crippen molar-refractivity contribution in [1.82, 2.24) is 0 Å². The van der Waals surface area contributed by atoms with Gasteiger partial charge in [0.2, 0.25) is 0 Å². The molecule has 0 unspecified atom stereocenters. The minimum atomic E-state index is 0.552. The molecular formula is C11H17N. The Labute approximate surface area is 74.6 Å². The van der Waals surface area contributed by atoms with E-state index in [9.17, 15) is 0 Å². The molecule has 0 amide bonds. The average Bonchev–Trinajstić information content (AvgIpc) is 2.15. The van der Waals surface area contributed by atoms with Crippen molar-refractivity contribution in [3.05, 3.63) is 35.9 Å². The number of nitrogens with two attached hydrogens (primary N) is 1. The third kappa shape index (κ3) is 2.35. The molecule has 0 aliphatic heterocycles. The summed E-state index contributed by atoms with van der Waals surface area (Å²) in [5, 5.41) is 0. The molecule has 0 fully saturated rings. The van der Waals surface area contributed by atoms with E-state index < -0.39 is 0 Å². The molecule has 0 aliphatic rings. The van der Waals surface area contributed by atoms with Gasteiger partial charge >= 0.3 is 0 Å². The molecule has 0 spiro atoms. The van der Waals surface area contributed by atoms with E-state index in [2.05, 4.69) is 31.2 Å². The van der Waals surface area contributed by atoms with Crippen LogP contribution >= 0.6 is 0 Å². The van der Waals surface area contributed by atoms with E-state index in [0.29, 0.717) is 5.92 Å². The summed E-state index contributed by atoms with van der Waals surface area (Å²) in [6.45, 7) is 2.96. The first-order valence-electron chi connectivity index (χ1n) is 4.63. The zero-order chi connectivity index (χ0) is 8.81. The highest BCUT2D eigenvalue weighted by Crippen LogP contribution is 2.18. The zero-order valence-corrected chi connectivity index (χ0v) is 7.66. The highest BCUT2D eigenvalue weighted by molar-refractivity contribution is 5.19. The Hall–Kier alpha value is -0.820. The van der Waals surface area contributed by atoms with Crippen molar-refractivity contribution in [3.8, 4) is 0 Å². The van der Waals surface area contributed by atoms with Gasteiger partial charge in [-0.3, -0.25) is 0 Å². The van der Waals surface area contributed by atoms with Crippen LogP contribution in [0, 0.1) is 0 Å². The molecule has 1 aromatic carbocycles. The Balaban J connectivity index is 2.66. The van der Waals surface area contributed by atoms with Crippen molar-refractivity contribution >= 4 is 0 Å². The zero-order valence-electron chi connectivity index (χ0n) is 7.66. The fourth-order valence-corrected chi connectivity index (χ4v) is 1.49. The first-order chi connectivity index (χ1) is 5.88. The molecule has 0 radical (unpaired) electrons. The second-order valence-corrected chi connectivity index (χ2v) is 3.13. The summed E-state index contributed by atoms with van der Waals surface area (Å²) in [5.41, 5.74) is 7.07. The lowest BCUT2D eigenvalue weighted by Crippen LogP contribution is -2.11. The van der Waals surface area contributed by atoms with Gasteiger partial charge in [0.15, 0.2) is 0 Å². The molecule has 2 N–H and O–H groups in total. The van der Waals surface area contributed by atoms with Crippen LogP contribution in [0.2, 0.25) is 0 Å². The van der Waals surface area contributed by atoms with Gasteiger partial charge in [0, 0.05) is 0 Å². The molecule has 1 atom stereocenters. The van der Waals surface area contributed by atoms with E-state index in [-0.39, 0.29) is 0 Å². The third-order valence-electron chi connectivity index (χ3n) is 2.19. The van der Waals surface area contributed by atoms with E-state index in [1.165, 1.54) is 18.4 Å². The molecular weight excluding hydrogens is 146 g/mol. The topological polar surface area (TPSA) is 26.0 Å². The van der Waals surface area contributed by atoms with Gasteiger partial charge in [0.25, 0.3) is 0 Å². The summed E-state index contributed by atoms with van der Waals surface area (Å²) in [4.78, 5) is 0. The summed E-state index contributed by atoms with van der Waals surface area (Å²) < 4.78 is 0. The predicted octanol–water partition coefficient (Wildman–Crippen LogP) is 2.53. The Kier molecular flexibility index (Phi) is 3.81. The SMILES string of the molecule is CCC[C@H](CN)c1ccccc1. The first-order valence-corrected chi connectivity index (χ1v) is 4.63. The molecule has 0 bridgehead atoms. The highest BCUT2D eigenvalue weighted by atomic mass is 14.5. The molecule has 12 heavy (non-hydrogen) atoms. The van der Waals surface area contributed by atoms with Crippen LogP contribution in [0.4, 0.5) is 0 Å². The van der Waals surface area contributed by atoms with Crippen molar-refractivity contribution in [1.29, 1.82) is 0 Å². The molecule has 1 rings (SSSR count). The van der Waals surface area contributed by atoms with Crippen LogP contribution in [0.5, 0.6) is 0 Å². The van der Waals surface area contributed by atoms with Crippen molar-refractivity contribution in [2.45, 2.75) is 25.7 Å². The monoisotopic (exact) mass is 163 g/mol. The van der Waals surface area contributed by atoms with E-state index in [4.69, 9.17) is 5.73 Å². The van der Waals surface area contributed by atoms with Crippen molar-refractivity contribution in [2.24, 2.45) is 5.73 Å². The molecule has 0 saturated carbocycles. The van der Waals surface area contributed by atoms with Gasteiger partial charge in [0.05, 0.1) is 0 Å². The number of hydrogen-bond acceptors (Lipinski definition) is 1. The maximum Gasteiger partial charge on any atom is -0.000824 e. The smallest absolute Gasteiger partial charge is 0.000824 e. The second kappa shape index (κ2) is 4.94. The lowest BCUT2D eigenvalue weighted by atomic mass is 9.95. The van der Waals surface area contributed by atoms with Crippen LogP contribution in [-0.4, -0.2) is 6.54 Å². The molecule has 0 aromatic heterocycles. The molecule has 0 aliphatic carbocycles. The number of hydrogen-bond donors (Lipinski definition) is 1. The van der Waals surface area contributed by atoms with E-state index in [1.807, 2.05) is 6.07 Å². The fourth-order valence-electron chi connectivity index (χ4n) is 1.49. The predicted molar refractivity (Wildman–Crippen MR) is 53.1 cm³/mol. The van der Waals surface area contributed by atoms with Gasteiger partial charge in [0.1, 0.15) is 0 Å². The van der Waals surface area contributed by atoms with Gasteiger partial charge in [-0.25, -0.2) is 0 Å². The summed E-state index contributed by atoms with van der Waals surface area (Å²) >= 11 is 0. The molecule has 0 saturated heterocycles. The van der Waals surface area contributed by atoms with E-state index >= 15 is 0 Å². The summed E-state index contributed by atoms with van der Waals surface area (Å²) in [6.07, 6.45) is 2.40.